The third kappa shape index (κ3) is 2.00. The third-order valence-corrected chi connectivity index (χ3v) is 2.93. The summed E-state index contributed by atoms with van der Waals surface area (Å²) in [5.41, 5.74) is 0.957. The fourth-order valence-corrected chi connectivity index (χ4v) is 1.73. The van der Waals surface area contributed by atoms with Crippen LogP contribution in [0.1, 0.15) is 24.6 Å². The number of nitrogens with one attached hydrogen (secondary N) is 1. The van der Waals surface area contributed by atoms with E-state index in [2.05, 4.69) is 20.2 Å². The molecule has 2 aromatic rings. The topological polar surface area (TPSA) is 57.7 Å². The average Bonchev–Trinajstić information content (AvgIpc) is 3.07. The predicted octanol–water partition coefficient (Wildman–Crippen LogP) is 1.81. The van der Waals surface area contributed by atoms with E-state index in [4.69, 9.17) is 0 Å². The van der Waals surface area contributed by atoms with Crippen LogP contribution in [0.15, 0.2) is 18.3 Å². The van der Waals surface area contributed by atoms with Crippen molar-refractivity contribution in [2.45, 2.75) is 18.8 Å². The van der Waals surface area contributed by atoms with Gasteiger partial charge < -0.3 is 4.90 Å². The highest BCUT2D eigenvalue weighted by Gasteiger charge is 2.27. The zero-order chi connectivity index (χ0) is 11.8. The van der Waals surface area contributed by atoms with E-state index in [-0.39, 0.29) is 0 Å². The molecule has 1 aliphatic rings. The molecule has 2 aromatic heterocycles. The summed E-state index contributed by atoms with van der Waals surface area (Å²) in [6.07, 6.45) is 4.27. The van der Waals surface area contributed by atoms with Crippen LogP contribution in [-0.4, -0.2) is 34.3 Å². The molecule has 0 aromatic carbocycles. The highest BCUT2D eigenvalue weighted by Crippen LogP contribution is 2.38. The lowest BCUT2D eigenvalue weighted by Crippen LogP contribution is -2.10. The Bertz CT molecular complexity index is 510. The molecule has 1 saturated carbocycles. The van der Waals surface area contributed by atoms with Gasteiger partial charge in [-0.05, 0) is 25.0 Å². The minimum atomic E-state index is 0.602. The molecule has 3 rings (SSSR count). The molecule has 1 N–H and O–H groups in total. The smallest absolute Gasteiger partial charge is 0.182 e. The van der Waals surface area contributed by atoms with E-state index in [1.807, 2.05) is 37.3 Å². The quantitative estimate of drug-likeness (QED) is 0.872. The second-order valence-corrected chi connectivity index (χ2v) is 4.62. The number of hydrogen-bond acceptors (Lipinski definition) is 4. The van der Waals surface area contributed by atoms with Crippen LogP contribution in [0.3, 0.4) is 0 Å². The van der Waals surface area contributed by atoms with Gasteiger partial charge in [0.2, 0.25) is 0 Å². The minimum Gasteiger partial charge on any atom is -0.363 e. The van der Waals surface area contributed by atoms with Crippen molar-refractivity contribution in [1.82, 2.24) is 20.2 Å². The van der Waals surface area contributed by atoms with Crippen LogP contribution in [0.25, 0.3) is 11.4 Å². The zero-order valence-corrected chi connectivity index (χ0v) is 10.0. The lowest BCUT2D eigenvalue weighted by atomic mass is 10.2. The number of hydrogen-bond donors (Lipinski definition) is 1. The lowest BCUT2D eigenvalue weighted by Gasteiger charge is -2.10. The first kappa shape index (κ1) is 10.3. The molecule has 1 fully saturated rings. The maximum Gasteiger partial charge on any atom is 0.182 e. The molecule has 1 aliphatic carbocycles. The van der Waals surface area contributed by atoms with Crippen LogP contribution in [0.5, 0.6) is 0 Å². The predicted molar refractivity (Wildman–Crippen MR) is 65.9 cm³/mol. The SMILES string of the molecule is CN(C)c1ccc(-c2n[nH]c(C3CC3)n2)cn1. The molecule has 0 unspecified atom stereocenters. The van der Waals surface area contributed by atoms with Crippen molar-refractivity contribution < 1.29 is 0 Å². The van der Waals surface area contributed by atoms with Gasteiger partial charge in [0.05, 0.1) is 0 Å². The Morgan fingerprint density at radius 1 is 1.29 bits per heavy atom. The van der Waals surface area contributed by atoms with E-state index in [1.165, 1.54) is 12.8 Å². The van der Waals surface area contributed by atoms with Crippen LogP contribution in [0.4, 0.5) is 5.82 Å². The molecule has 0 aliphatic heterocycles. The van der Waals surface area contributed by atoms with Gasteiger partial charge in [0.1, 0.15) is 11.6 Å². The zero-order valence-electron chi connectivity index (χ0n) is 10.0. The summed E-state index contributed by atoms with van der Waals surface area (Å²) in [7, 11) is 3.94. The molecule has 0 spiro atoms. The van der Waals surface area contributed by atoms with Crippen molar-refractivity contribution in [1.29, 1.82) is 0 Å². The van der Waals surface area contributed by atoms with E-state index in [0.717, 1.165) is 23.0 Å². The molecular weight excluding hydrogens is 214 g/mol. The molecule has 5 nitrogen and oxygen atoms in total. The van der Waals surface area contributed by atoms with Gasteiger partial charge in [0, 0.05) is 31.8 Å². The molecule has 5 heteroatoms. The fraction of sp³-hybridized carbons (Fsp3) is 0.417. The standard InChI is InChI=1S/C12H15N5/c1-17(2)10-6-5-9(7-13-10)12-14-11(15-16-12)8-3-4-8/h5-8H,3-4H2,1-2H3,(H,14,15,16). The molecule has 0 amide bonds. The highest BCUT2D eigenvalue weighted by molar-refractivity contribution is 5.55. The number of nitrogens with zero attached hydrogens (tertiary/aromatic N) is 4. The number of aromatic nitrogens is 4. The Kier molecular flexibility index (Phi) is 2.31. The monoisotopic (exact) mass is 229 g/mol. The van der Waals surface area contributed by atoms with Gasteiger partial charge >= 0.3 is 0 Å². The van der Waals surface area contributed by atoms with Crippen molar-refractivity contribution in [2.24, 2.45) is 0 Å². The van der Waals surface area contributed by atoms with Gasteiger partial charge in [-0.2, -0.15) is 5.10 Å². The summed E-state index contributed by atoms with van der Waals surface area (Å²) in [4.78, 5) is 10.8. The summed E-state index contributed by atoms with van der Waals surface area (Å²) >= 11 is 0. The summed E-state index contributed by atoms with van der Waals surface area (Å²) in [5, 5.41) is 7.24. The molecule has 17 heavy (non-hydrogen) atoms. The Morgan fingerprint density at radius 2 is 2.12 bits per heavy atom. The summed E-state index contributed by atoms with van der Waals surface area (Å²) in [6.45, 7) is 0. The van der Waals surface area contributed by atoms with Gasteiger partial charge in [-0.3, -0.25) is 5.10 Å². The Morgan fingerprint density at radius 3 is 2.71 bits per heavy atom. The highest BCUT2D eigenvalue weighted by atomic mass is 15.2. The van der Waals surface area contributed by atoms with Crippen molar-refractivity contribution in [3.05, 3.63) is 24.2 Å². The van der Waals surface area contributed by atoms with E-state index >= 15 is 0 Å². The molecule has 0 atom stereocenters. The van der Waals surface area contributed by atoms with E-state index in [0.29, 0.717) is 5.92 Å². The Balaban J connectivity index is 1.86. The van der Waals surface area contributed by atoms with Crippen LogP contribution < -0.4 is 4.90 Å². The largest absolute Gasteiger partial charge is 0.363 e. The second kappa shape index (κ2) is 3.84. The summed E-state index contributed by atoms with van der Waals surface area (Å²) in [6, 6.07) is 3.98. The number of H-pyrrole nitrogens is 1. The average molecular weight is 229 g/mol. The van der Waals surface area contributed by atoms with E-state index < -0.39 is 0 Å². The van der Waals surface area contributed by atoms with Crippen LogP contribution in [-0.2, 0) is 0 Å². The Labute approximate surface area is 99.9 Å². The van der Waals surface area contributed by atoms with Gasteiger partial charge in [0.25, 0.3) is 0 Å². The molecule has 0 saturated heterocycles. The van der Waals surface area contributed by atoms with E-state index in [1.54, 1.807) is 0 Å². The fourth-order valence-electron chi connectivity index (χ4n) is 1.73. The third-order valence-electron chi connectivity index (χ3n) is 2.93. The van der Waals surface area contributed by atoms with Crippen LogP contribution in [0, 0.1) is 0 Å². The maximum atomic E-state index is 4.50. The lowest BCUT2D eigenvalue weighted by molar-refractivity contribution is 0.935. The van der Waals surface area contributed by atoms with Gasteiger partial charge in [0.15, 0.2) is 5.82 Å². The first-order valence-corrected chi connectivity index (χ1v) is 5.80. The van der Waals surface area contributed by atoms with Crippen molar-refractivity contribution in [3.63, 3.8) is 0 Å². The van der Waals surface area contributed by atoms with Crippen LogP contribution >= 0.6 is 0 Å². The summed E-state index contributed by atoms with van der Waals surface area (Å²) < 4.78 is 0. The van der Waals surface area contributed by atoms with Crippen molar-refractivity contribution >= 4 is 5.82 Å². The number of anilines is 1. The van der Waals surface area contributed by atoms with Crippen molar-refractivity contribution in [3.8, 4) is 11.4 Å². The minimum absolute atomic E-state index is 0.602. The molecule has 2 heterocycles. The maximum absolute atomic E-state index is 4.50. The normalized spacial score (nSPS) is 14.9. The summed E-state index contributed by atoms with van der Waals surface area (Å²) in [5.74, 6) is 3.29. The number of pyridine rings is 1. The molecule has 88 valence electrons. The molecular formula is C12H15N5. The van der Waals surface area contributed by atoms with E-state index in [9.17, 15) is 0 Å². The first-order valence-electron chi connectivity index (χ1n) is 5.80. The second-order valence-electron chi connectivity index (χ2n) is 4.62. The Hall–Kier alpha value is -1.91. The number of rotatable bonds is 3. The van der Waals surface area contributed by atoms with Crippen LogP contribution in [0.2, 0.25) is 0 Å². The molecule has 0 bridgehead atoms. The number of aromatic amines is 1. The first-order chi connectivity index (χ1) is 8.24. The van der Waals surface area contributed by atoms with Gasteiger partial charge in [-0.15, -0.1) is 0 Å². The molecule has 0 radical (unpaired) electrons. The van der Waals surface area contributed by atoms with Crippen molar-refractivity contribution in [2.75, 3.05) is 19.0 Å². The van der Waals surface area contributed by atoms with Gasteiger partial charge in [-0.25, -0.2) is 9.97 Å². The van der Waals surface area contributed by atoms with Gasteiger partial charge in [-0.1, -0.05) is 0 Å².